The molecule has 1 amide bonds. The van der Waals surface area contributed by atoms with Gasteiger partial charge in [0.25, 0.3) is 0 Å². The number of hydrogen-bond acceptors (Lipinski definition) is 8. The number of nitrogens with zero attached hydrogens (tertiary/aromatic N) is 4. The molecule has 1 aliphatic heterocycles. The normalized spacial score (nSPS) is 14.1. The van der Waals surface area contributed by atoms with Gasteiger partial charge in [0.2, 0.25) is 5.91 Å². The summed E-state index contributed by atoms with van der Waals surface area (Å²) < 4.78 is 13.6. The topological polar surface area (TPSA) is 89.5 Å². The van der Waals surface area contributed by atoms with Gasteiger partial charge in [0.1, 0.15) is 35.5 Å². The molecule has 39 heavy (non-hydrogen) atoms. The molecule has 0 aliphatic carbocycles. The van der Waals surface area contributed by atoms with Crippen molar-refractivity contribution in [1.82, 2.24) is 19.9 Å². The molecule has 2 aromatic heterocycles. The van der Waals surface area contributed by atoms with Gasteiger partial charge < -0.3 is 19.7 Å². The lowest BCUT2D eigenvalue weighted by Crippen LogP contribution is -2.41. The maximum absolute atomic E-state index is 12.0. The third kappa shape index (κ3) is 5.49. The first-order chi connectivity index (χ1) is 19.1. The number of hydrogen-bond donors (Lipinski definition) is 1. The highest BCUT2D eigenvalue weighted by Gasteiger charge is 2.23. The smallest absolute Gasteiger partial charge is 0.222 e. The second-order valence-corrected chi connectivity index (χ2v) is 10.5. The number of thiazole rings is 1. The summed E-state index contributed by atoms with van der Waals surface area (Å²) in [5.41, 5.74) is 5.50. The first-order valence-corrected chi connectivity index (χ1v) is 14.0. The number of nitrogens with one attached hydrogen (secondary N) is 1. The summed E-state index contributed by atoms with van der Waals surface area (Å²) in [6, 6.07) is 17.8. The fourth-order valence-electron chi connectivity index (χ4n) is 4.85. The van der Waals surface area contributed by atoms with Crippen LogP contribution in [0.5, 0.6) is 17.2 Å². The number of carbonyl (C=O) groups excluding carboxylic acids is 1. The lowest BCUT2D eigenvalue weighted by molar-refractivity contribution is -0.132. The number of rotatable bonds is 7. The number of anilines is 2. The van der Waals surface area contributed by atoms with Crippen molar-refractivity contribution < 1.29 is 14.3 Å². The van der Waals surface area contributed by atoms with E-state index in [1.54, 1.807) is 17.7 Å². The standard InChI is InChI=1S/C30H29N5O3S/c1-3-29(36)35-12-10-21(11-13-35)37-22-5-7-25-24(15-22)30(32-17-31-25)34-20-4-8-27(19(2)14-20)38-23-6-9-28-26(16-23)33-18-39-28/h4-9,14-18,21H,3,10-13H2,1-2H3,(H,31,32,34). The Kier molecular flexibility index (Phi) is 6.98. The molecule has 0 radical (unpaired) electrons. The molecule has 9 heteroatoms. The van der Waals surface area contributed by atoms with Gasteiger partial charge in [-0.15, -0.1) is 11.3 Å². The maximum atomic E-state index is 12.0. The van der Waals surface area contributed by atoms with E-state index in [1.165, 1.54) is 0 Å². The van der Waals surface area contributed by atoms with Crippen molar-refractivity contribution in [1.29, 1.82) is 0 Å². The van der Waals surface area contributed by atoms with Crippen LogP contribution in [0.15, 0.2) is 66.4 Å². The predicted octanol–water partition coefficient (Wildman–Crippen LogP) is 6.86. The molecule has 8 nitrogen and oxygen atoms in total. The Balaban J connectivity index is 1.17. The monoisotopic (exact) mass is 539 g/mol. The molecule has 1 aliphatic rings. The first kappa shape index (κ1) is 25.1. The van der Waals surface area contributed by atoms with E-state index in [-0.39, 0.29) is 12.0 Å². The second-order valence-electron chi connectivity index (χ2n) is 9.64. The van der Waals surface area contributed by atoms with Gasteiger partial charge in [0.05, 0.1) is 21.2 Å². The minimum Gasteiger partial charge on any atom is -0.490 e. The van der Waals surface area contributed by atoms with E-state index in [9.17, 15) is 4.79 Å². The Morgan fingerprint density at radius 3 is 2.67 bits per heavy atom. The second kappa shape index (κ2) is 10.9. The molecule has 3 heterocycles. The number of fused-ring (bicyclic) bond motifs is 2. The molecule has 5 aromatic rings. The van der Waals surface area contributed by atoms with Crippen molar-refractivity contribution in [3.8, 4) is 17.2 Å². The highest BCUT2D eigenvalue weighted by molar-refractivity contribution is 7.16. The molecule has 1 N–H and O–H groups in total. The summed E-state index contributed by atoms with van der Waals surface area (Å²) in [6.07, 6.45) is 3.84. The molecular formula is C30H29N5O3S. The summed E-state index contributed by atoms with van der Waals surface area (Å²) in [5.74, 6) is 3.23. The van der Waals surface area contributed by atoms with Gasteiger partial charge in [-0.25, -0.2) is 15.0 Å². The molecule has 0 saturated carbocycles. The van der Waals surface area contributed by atoms with Crippen LogP contribution in [0.2, 0.25) is 0 Å². The minimum absolute atomic E-state index is 0.0795. The molecule has 1 fully saturated rings. The van der Waals surface area contributed by atoms with Crippen LogP contribution in [-0.2, 0) is 4.79 Å². The number of amides is 1. The summed E-state index contributed by atoms with van der Waals surface area (Å²) in [6.45, 7) is 5.39. The molecule has 0 atom stereocenters. The average molecular weight is 540 g/mol. The number of likely N-dealkylation sites (tertiary alicyclic amines) is 1. The van der Waals surface area contributed by atoms with Crippen molar-refractivity contribution >= 4 is 49.9 Å². The highest BCUT2D eigenvalue weighted by Crippen LogP contribution is 2.32. The zero-order chi connectivity index (χ0) is 26.8. The van der Waals surface area contributed by atoms with Gasteiger partial charge in [-0.2, -0.15) is 0 Å². The van der Waals surface area contributed by atoms with Gasteiger partial charge in [-0.1, -0.05) is 6.92 Å². The van der Waals surface area contributed by atoms with Crippen molar-refractivity contribution in [2.75, 3.05) is 18.4 Å². The van der Waals surface area contributed by atoms with E-state index in [0.717, 1.165) is 75.6 Å². The van der Waals surface area contributed by atoms with E-state index in [1.807, 2.05) is 78.9 Å². The number of ether oxygens (including phenoxy) is 2. The Morgan fingerprint density at radius 2 is 1.85 bits per heavy atom. The van der Waals surface area contributed by atoms with Gasteiger partial charge in [0.15, 0.2) is 0 Å². The van der Waals surface area contributed by atoms with Gasteiger partial charge >= 0.3 is 0 Å². The predicted molar refractivity (Wildman–Crippen MR) is 154 cm³/mol. The number of aromatic nitrogens is 3. The van der Waals surface area contributed by atoms with E-state index in [2.05, 4.69) is 20.3 Å². The van der Waals surface area contributed by atoms with E-state index >= 15 is 0 Å². The van der Waals surface area contributed by atoms with Crippen LogP contribution >= 0.6 is 11.3 Å². The molecule has 1 saturated heterocycles. The van der Waals surface area contributed by atoms with Gasteiger partial charge in [0, 0.05) is 49.5 Å². The average Bonchev–Trinajstić information content (AvgIpc) is 3.43. The SMILES string of the molecule is CCC(=O)N1CCC(Oc2ccc3ncnc(Nc4ccc(Oc5ccc6scnc6c5)c(C)c4)c3c2)CC1. The molecule has 3 aromatic carbocycles. The van der Waals surface area contributed by atoms with Crippen molar-refractivity contribution in [2.24, 2.45) is 0 Å². The molecule has 6 rings (SSSR count). The van der Waals surface area contributed by atoms with Crippen molar-refractivity contribution in [3.63, 3.8) is 0 Å². The molecular weight excluding hydrogens is 510 g/mol. The Labute approximate surface area is 230 Å². The van der Waals surface area contributed by atoms with E-state index in [0.29, 0.717) is 12.2 Å². The number of piperidine rings is 1. The summed E-state index contributed by atoms with van der Waals surface area (Å²) in [4.78, 5) is 27.2. The zero-order valence-electron chi connectivity index (χ0n) is 21.9. The molecule has 0 spiro atoms. The fourth-order valence-corrected chi connectivity index (χ4v) is 5.51. The minimum atomic E-state index is 0.0795. The number of benzene rings is 3. The van der Waals surface area contributed by atoms with Crippen LogP contribution in [0, 0.1) is 6.92 Å². The Hall–Kier alpha value is -4.24. The van der Waals surface area contributed by atoms with Crippen LogP contribution in [-0.4, -0.2) is 45.0 Å². The van der Waals surface area contributed by atoms with Crippen LogP contribution in [0.4, 0.5) is 11.5 Å². The summed E-state index contributed by atoms with van der Waals surface area (Å²) in [5, 5.41) is 4.32. The highest BCUT2D eigenvalue weighted by atomic mass is 32.1. The molecule has 0 bridgehead atoms. The zero-order valence-corrected chi connectivity index (χ0v) is 22.7. The fraction of sp³-hybridized carbons (Fsp3) is 0.267. The van der Waals surface area contributed by atoms with Crippen LogP contribution < -0.4 is 14.8 Å². The quantitative estimate of drug-likeness (QED) is 0.242. The lowest BCUT2D eigenvalue weighted by Gasteiger charge is -2.32. The third-order valence-corrected chi connectivity index (χ3v) is 7.78. The number of carbonyl (C=O) groups is 1. The largest absolute Gasteiger partial charge is 0.490 e. The van der Waals surface area contributed by atoms with Gasteiger partial charge in [-0.05, 0) is 61.0 Å². The van der Waals surface area contributed by atoms with Crippen LogP contribution in [0.1, 0.15) is 31.7 Å². The van der Waals surface area contributed by atoms with E-state index < -0.39 is 0 Å². The lowest BCUT2D eigenvalue weighted by atomic mass is 10.1. The molecule has 198 valence electrons. The summed E-state index contributed by atoms with van der Waals surface area (Å²) in [7, 11) is 0. The van der Waals surface area contributed by atoms with E-state index in [4.69, 9.17) is 9.47 Å². The molecule has 0 unspecified atom stereocenters. The Morgan fingerprint density at radius 1 is 1.00 bits per heavy atom. The van der Waals surface area contributed by atoms with Crippen molar-refractivity contribution in [2.45, 2.75) is 39.2 Å². The van der Waals surface area contributed by atoms with Crippen LogP contribution in [0.3, 0.4) is 0 Å². The Bertz CT molecular complexity index is 1640. The first-order valence-electron chi connectivity index (χ1n) is 13.1. The third-order valence-electron chi connectivity index (χ3n) is 6.97. The maximum Gasteiger partial charge on any atom is 0.222 e. The van der Waals surface area contributed by atoms with Crippen LogP contribution in [0.25, 0.3) is 21.1 Å². The van der Waals surface area contributed by atoms with Crippen molar-refractivity contribution in [3.05, 3.63) is 72.0 Å². The summed E-state index contributed by atoms with van der Waals surface area (Å²) >= 11 is 1.61. The van der Waals surface area contributed by atoms with Gasteiger partial charge in [-0.3, -0.25) is 4.79 Å². The number of aryl methyl sites for hydroxylation is 1.